The molecule has 3 saturated heterocycles. The topological polar surface area (TPSA) is 61.4 Å². The Hall–Kier alpha value is -1.88. The second kappa shape index (κ2) is 7.16. The molecular weight excluding hydrogens is 314 g/mol. The van der Waals surface area contributed by atoms with E-state index in [0.717, 1.165) is 31.2 Å². The lowest BCUT2D eigenvalue weighted by molar-refractivity contribution is -0.143. The molecule has 4 rings (SSSR count). The van der Waals surface area contributed by atoms with Crippen molar-refractivity contribution in [1.82, 2.24) is 15.5 Å². The number of hydrogen-bond donors (Lipinski definition) is 2. The predicted molar refractivity (Wildman–Crippen MR) is 95.9 cm³/mol. The monoisotopic (exact) mass is 341 g/mol. The van der Waals surface area contributed by atoms with E-state index in [-0.39, 0.29) is 17.9 Å². The second-order valence-corrected chi connectivity index (χ2v) is 7.67. The van der Waals surface area contributed by atoms with Crippen LogP contribution in [0.25, 0.3) is 0 Å². The average Bonchev–Trinajstić information content (AvgIpc) is 2.96. The second-order valence-electron chi connectivity index (χ2n) is 7.67. The van der Waals surface area contributed by atoms with Gasteiger partial charge in [-0.1, -0.05) is 30.3 Å². The zero-order valence-corrected chi connectivity index (χ0v) is 14.6. The van der Waals surface area contributed by atoms with Crippen molar-refractivity contribution in [3.05, 3.63) is 35.9 Å². The van der Waals surface area contributed by atoms with Gasteiger partial charge < -0.3 is 15.5 Å². The van der Waals surface area contributed by atoms with Gasteiger partial charge in [-0.15, -0.1) is 0 Å². The molecule has 0 spiro atoms. The van der Waals surface area contributed by atoms with E-state index < -0.39 is 6.04 Å². The molecular formula is C20H27N3O2. The van der Waals surface area contributed by atoms with Crippen molar-refractivity contribution in [1.29, 1.82) is 0 Å². The number of rotatable bonds is 4. The van der Waals surface area contributed by atoms with Crippen molar-refractivity contribution >= 4 is 11.8 Å². The lowest BCUT2D eigenvalue weighted by Crippen LogP contribution is -2.52. The number of piperidine rings is 2. The van der Waals surface area contributed by atoms with Crippen LogP contribution in [0.5, 0.6) is 0 Å². The van der Waals surface area contributed by atoms with Crippen LogP contribution in [0.4, 0.5) is 0 Å². The average molecular weight is 341 g/mol. The van der Waals surface area contributed by atoms with Gasteiger partial charge in [-0.05, 0) is 44.1 Å². The Morgan fingerprint density at radius 3 is 2.52 bits per heavy atom. The Kier molecular flexibility index (Phi) is 4.75. The third kappa shape index (κ3) is 3.56. The molecule has 3 unspecified atom stereocenters. The Morgan fingerprint density at radius 2 is 1.84 bits per heavy atom. The molecule has 3 fully saturated rings. The fraction of sp³-hybridized carbons (Fsp3) is 0.600. The van der Waals surface area contributed by atoms with E-state index in [1.54, 1.807) is 4.90 Å². The zero-order valence-electron chi connectivity index (χ0n) is 14.6. The molecule has 0 radical (unpaired) electrons. The highest BCUT2D eigenvalue weighted by Crippen LogP contribution is 2.29. The first kappa shape index (κ1) is 16.6. The van der Waals surface area contributed by atoms with Crippen molar-refractivity contribution in [2.45, 2.75) is 69.1 Å². The number of carbonyl (C=O) groups is 2. The molecule has 2 amide bonds. The maximum atomic E-state index is 13.2. The maximum absolute atomic E-state index is 13.2. The van der Waals surface area contributed by atoms with Crippen LogP contribution in [-0.4, -0.2) is 41.4 Å². The highest BCUT2D eigenvalue weighted by Gasteiger charge is 2.37. The minimum Gasteiger partial charge on any atom is -0.351 e. The zero-order chi connectivity index (χ0) is 17.2. The van der Waals surface area contributed by atoms with E-state index in [2.05, 4.69) is 10.6 Å². The van der Waals surface area contributed by atoms with Crippen LogP contribution in [0.15, 0.2) is 30.3 Å². The molecule has 5 nitrogen and oxygen atoms in total. The van der Waals surface area contributed by atoms with Crippen LogP contribution < -0.4 is 10.6 Å². The van der Waals surface area contributed by atoms with E-state index >= 15 is 0 Å². The van der Waals surface area contributed by atoms with E-state index in [0.29, 0.717) is 25.0 Å². The van der Waals surface area contributed by atoms with Crippen molar-refractivity contribution in [3.8, 4) is 0 Å². The number of nitrogens with zero attached hydrogens (tertiary/aromatic N) is 1. The molecule has 3 heterocycles. The number of benzene rings is 1. The molecule has 0 saturated carbocycles. The molecule has 1 aromatic carbocycles. The molecule has 5 heteroatoms. The maximum Gasteiger partial charge on any atom is 0.247 e. The number of amides is 2. The Balaban J connectivity index is 1.52. The summed E-state index contributed by atoms with van der Waals surface area (Å²) in [7, 11) is 0. The van der Waals surface area contributed by atoms with Crippen molar-refractivity contribution < 1.29 is 9.59 Å². The van der Waals surface area contributed by atoms with Crippen molar-refractivity contribution in [2.75, 3.05) is 6.54 Å². The first-order valence-electron chi connectivity index (χ1n) is 9.61. The molecule has 2 bridgehead atoms. The van der Waals surface area contributed by atoms with Gasteiger partial charge in [0.15, 0.2) is 0 Å². The number of hydrogen-bond acceptors (Lipinski definition) is 3. The van der Waals surface area contributed by atoms with Gasteiger partial charge in [-0.25, -0.2) is 0 Å². The fourth-order valence-corrected chi connectivity index (χ4v) is 4.66. The lowest BCUT2D eigenvalue weighted by Gasteiger charge is -2.36. The summed E-state index contributed by atoms with van der Waals surface area (Å²) < 4.78 is 0. The van der Waals surface area contributed by atoms with Crippen LogP contribution in [0, 0.1) is 0 Å². The summed E-state index contributed by atoms with van der Waals surface area (Å²) in [5.74, 6) is 0.0772. The minimum atomic E-state index is -0.499. The Bertz CT molecular complexity index is 621. The van der Waals surface area contributed by atoms with E-state index in [4.69, 9.17) is 0 Å². The molecule has 1 aromatic rings. The van der Waals surface area contributed by atoms with Crippen molar-refractivity contribution in [2.24, 2.45) is 0 Å². The van der Waals surface area contributed by atoms with Crippen LogP contribution >= 0.6 is 0 Å². The van der Waals surface area contributed by atoms with E-state index in [1.807, 2.05) is 30.3 Å². The van der Waals surface area contributed by atoms with Crippen LogP contribution in [0.2, 0.25) is 0 Å². The highest BCUT2D eigenvalue weighted by atomic mass is 16.2. The molecule has 134 valence electrons. The molecule has 0 aromatic heterocycles. The third-order valence-corrected chi connectivity index (χ3v) is 5.85. The first-order chi connectivity index (χ1) is 12.2. The van der Waals surface area contributed by atoms with Crippen LogP contribution in [0.1, 0.15) is 56.6 Å². The van der Waals surface area contributed by atoms with Crippen LogP contribution in [0.3, 0.4) is 0 Å². The SMILES string of the molecule is O=C(NC1CC2CCC(C1)N2)C(c1ccccc1)N1CCCCC1=O. The van der Waals surface area contributed by atoms with Crippen molar-refractivity contribution in [3.63, 3.8) is 0 Å². The van der Waals surface area contributed by atoms with E-state index in [9.17, 15) is 9.59 Å². The predicted octanol–water partition coefficient (Wildman–Crippen LogP) is 2.14. The molecule has 3 aliphatic heterocycles. The lowest BCUT2D eigenvalue weighted by atomic mass is 9.97. The standard InChI is InChI=1S/C20H27N3O2/c24-18-8-4-5-11-23(18)19(14-6-2-1-3-7-14)20(25)22-17-12-15-9-10-16(13-17)21-15/h1-3,6-7,15-17,19,21H,4-5,8-13H2,(H,22,25). The summed E-state index contributed by atoms with van der Waals surface area (Å²) in [4.78, 5) is 27.4. The summed E-state index contributed by atoms with van der Waals surface area (Å²) in [5.41, 5.74) is 0.909. The quantitative estimate of drug-likeness (QED) is 0.882. The summed E-state index contributed by atoms with van der Waals surface area (Å²) in [5, 5.41) is 6.87. The summed E-state index contributed by atoms with van der Waals surface area (Å²) in [6.45, 7) is 0.670. The van der Waals surface area contributed by atoms with Gasteiger partial charge in [-0.3, -0.25) is 9.59 Å². The molecule has 25 heavy (non-hydrogen) atoms. The van der Waals surface area contributed by atoms with Gasteiger partial charge >= 0.3 is 0 Å². The molecule has 3 aliphatic rings. The third-order valence-electron chi connectivity index (χ3n) is 5.85. The number of nitrogens with one attached hydrogen (secondary N) is 2. The molecule has 0 aliphatic carbocycles. The van der Waals surface area contributed by atoms with Gasteiger partial charge in [0.25, 0.3) is 0 Å². The largest absolute Gasteiger partial charge is 0.351 e. The summed E-state index contributed by atoms with van der Waals surface area (Å²) >= 11 is 0. The van der Waals surface area contributed by atoms with Gasteiger partial charge in [0.1, 0.15) is 6.04 Å². The summed E-state index contributed by atoms with van der Waals surface area (Å²) in [6.07, 6.45) is 6.87. The first-order valence-corrected chi connectivity index (χ1v) is 9.61. The van der Waals surface area contributed by atoms with Gasteiger partial charge in [0.2, 0.25) is 11.8 Å². The normalized spacial score (nSPS) is 30.2. The smallest absolute Gasteiger partial charge is 0.247 e. The molecule has 2 N–H and O–H groups in total. The minimum absolute atomic E-state index is 0.0206. The Morgan fingerprint density at radius 1 is 1.12 bits per heavy atom. The van der Waals surface area contributed by atoms with Gasteiger partial charge in [-0.2, -0.15) is 0 Å². The fourth-order valence-electron chi connectivity index (χ4n) is 4.66. The Labute approximate surface area is 149 Å². The number of likely N-dealkylation sites (tertiary alicyclic amines) is 1. The van der Waals surface area contributed by atoms with Gasteiger partial charge in [0, 0.05) is 31.1 Å². The van der Waals surface area contributed by atoms with Crippen LogP contribution in [-0.2, 0) is 9.59 Å². The van der Waals surface area contributed by atoms with E-state index in [1.165, 1.54) is 12.8 Å². The number of carbonyl (C=O) groups excluding carboxylic acids is 2. The summed E-state index contributed by atoms with van der Waals surface area (Å²) in [6, 6.07) is 10.5. The highest BCUT2D eigenvalue weighted by molar-refractivity contribution is 5.89. The van der Waals surface area contributed by atoms with Gasteiger partial charge in [0.05, 0.1) is 0 Å². The molecule has 3 atom stereocenters. The number of fused-ring (bicyclic) bond motifs is 2.